The predicted octanol–water partition coefficient (Wildman–Crippen LogP) is 3.65. The van der Waals surface area contributed by atoms with Crippen LogP contribution in [0, 0.1) is 6.92 Å². The fourth-order valence-electron chi connectivity index (χ4n) is 2.42. The highest BCUT2D eigenvalue weighted by Gasteiger charge is 2.17. The second-order valence-electron chi connectivity index (χ2n) is 4.80. The summed E-state index contributed by atoms with van der Waals surface area (Å²) in [6, 6.07) is 9.81. The quantitative estimate of drug-likeness (QED) is 0.478. The number of nitrogens with zero attached hydrogens (tertiary/aromatic N) is 5. The number of hydrogen-bond acceptors (Lipinski definition) is 5. The molecule has 108 valence electrons. The van der Waals surface area contributed by atoms with E-state index in [4.69, 9.17) is 9.51 Å². The lowest BCUT2D eigenvalue weighted by Gasteiger charge is -2.04. The van der Waals surface area contributed by atoms with Crippen LogP contribution in [0.3, 0.4) is 0 Å². The zero-order valence-electron chi connectivity index (χ0n) is 11.6. The number of aryl methyl sites for hydroxylation is 1. The van der Waals surface area contributed by atoms with E-state index in [1.165, 1.54) is 0 Å². The molecule has 3 aromatic heterocycles. The van der Waals surface area contributed by atoms with E-state index in [-0.39, 0.29) is 0 Å². The SMILES string of the molecule is Cc1cc(-c2nnn3c2nc(/C=C\I)c2ccccc23)no1. The molecule has 4 aromatic rings. The Bertz CT molecular complexity index is 1020. The molecule has 1 aromatic carbocycles. The van der Waals surface area contributed by atoms with Crippen LogP contribution in [0.1, 0.15) is 11.5 Å². The fourth-order valence-corrected chi connectivity index (χ4v) is 2.76. The van der Waals surface area contributed by atoms with Gasteiger partial charge in [0.1, 0.15) is 11.5 Å². The average Bonchev–Trinajstić information content (AvgIpc) is 3.14. The van der Waals surface area contributed by atoms with E-state index in [0.29, 0.717) is 17.0 Å². The first-order valence-corrected chi connectivity index (χ1v) is 7.87. The molecular weight excluding hydrogens is 393 g/mol. The van der Waals surface area contributed by atoms with E-state index < -0.39 is 0 Å². The first kappa shape index (κ1) is 13.4. The molecule has 0 saturated heterocycles. The highest BCUT2D eigenvalue weighted by molar-refractivity contribution is 14.1. The van der Waals surface area contributed by atoms with Crippen LogP contribution in [-0.4, -0.2) is 25.0 Å². The minimum Gasteiger partial charge on any atom is -0.361 e. The molecule has 0 saturated carbocycles. The lowest BCUT2D eigenvalue weighted by Crippen LogP contribution is -1.96. The van der Waals surface area contributed by atoms with E-state index in [0.717, 1.165) is 22.4 Å². The molecule has 0 spiro atoms. The molecule has 3 heterocycles. The Labute approximate surface area is 139 Å². The number of rotatable bonds is 2. The average molecular weight is 403 g/mol. The van der Waals surface area contributed by atoms with Crippen molar-refractivity contribution in [2.24, 2.45) is 0 Å². The van der Waals surface area contributed by atoms with Crippen LogP contribution in [-0.2, 0) is 0 Å². The normalized spacial score (nSPS) is 11.9. The number of fused-ring (bicyclic) bond motifs is 3. The Hall–Kier alpha value is -2.29. The Morgan fingerprint density at radius 2 is 2.14 bits per heavy atom. The van der Waals surface area contributed by atoms with Gasteiger partial charge in [-0.3, -0.25) is 0 Å². The number of aromatic nitrogens is 5. The number of para-hydroxylation sites is 1. The predicted molar refractivity (Wildman–Crippen MR) is 91.6 cm³/mol. The van der Waals surface area contributed by atoms with Crippen molar-refractivity contribution in [3.63, 3.8) is 0 Å². The molecule has 0 aliphatic heterocycles. The molecule has 0 N–H and O–H groups in total. The minimum atomic E-state index is 0.616. The van der Waals surface area contributed by atoms with Gasteiger partial charge < -0.3 is 4.52 Å². The van der Waals surface area contributed by atoms with Gasteiger partial charge in [0.15, 0.2) is 11.3 Å². The second-order valence-corrected chi connectivity index (χ2v) is 5.52. The van der Waals surface area contributed by atoms with Gasteiger partial charge in [-0.15, -0.1) is 5.10 Å². The van der Waals surface area contributed by atoms with Crippen molar-refractivity contribution in [3.05, 3.63) is 45.9 Å². The van der Waals surface area contributed by atoms with Crippen molar-refractivity contribution < 1.29 is 4.52 Å². The third-order valence-electron chi connectivity index (χ3n) is 3.37. The summed E-state index contributed by atoms with van der Waals surface area (Å²) in [5, 5.41) is 13.5. The molecule has 0 radical (unpaired) electrons. The van der Waals surface area contributed by atoms with Gasteiger partial charge in [-0.05, 0) is 23.1 Å². The summed E-state index contributed by atoms with van der Waals surface area (Å²) in [4.78, 5) is 4.70. The van der Waals surface area contributed by atoms with Gasteiger partial charge in [-0.1, -0.05) is 51.2 Å². The largest absolute Gasteiger partial charge is 0.361 e. The van der Waals surface area contributed by atoms with Gasteiger partial charge in [0, 0.05) is 11.5 Å². The minimum absolute atomic E-state index is 0.616. The van der Waals surface area contributed by atoms with Gasteiger partial charge in [0.05, 0.1) is 11.2 Å². The summed E-state index contributed by atoms with van der Waals surface area (Å²) >= 11 is 2.18. The van der Waals surface area contributed by atoms with E-state index in [2.05, 4.69) is 38.1 Å². The molecule has 0 atom stereocenters. The van der Waals surface area contributed by atoms with E-state index in [1.807, 2.05) is 47.4 Å². The van der Waals surface area contributed by atoms with Crippen molar-refractivity contribution in [3.8, 4) is 11.4 Å². The van der Waals surface area contributed by atoms with Crippen molar-refractivity contribution in [2.45, 2.75) is 6.92 Å². The molecule has 6 nitrogen and oxygen atoms in total. The first-order chi connectivity index (χ1) is 10.8. The van der Waals surface area contributed by atoms with Gasteiger partial charge in [-0.25, -0.2) is 4.98 Å². The Kier molecular flexibility index (Phi) is 3.14. The molecule has 0 aliphatic carbocycles. The Balaban J connectivity index is 2.11. The Morgan fingerprint density at radius 3 is 2.91 bits per heavy atom. The molecule has 0 aliphatic rings. The van der Waals surface area contributed by atoms with Crippen LogP contribution in [0.25, 0.3) is 34.0 Å². The molecule has 0 fully saturated rings. The van der Waals surface area contributed by atoms with Crippen LogP contribution >= 0.6 is 22.6 Å². The molecule has 7 heteroatoms. The number of hydrogen-bond donors (Lipinski definition) is 0. The molecule has 22 heavy (non-hydrogen) atoms. The lowest BCUT2D eigenvalue weighted by molar-refractivity contribution is 0.399. The molecular formula is C15H10IN5O. The molecule has 4 rings (SSSR count). The molecule has 0 unspecified atom stereocenters. The maximum atomic E-state index is 5.13. The van der Waals surface area contributed by atoms with Gasteiger partial charge in [0.25, 0.3) is 0 Å². The van der Waals surface area contributed by atoms with Crippen molar-refractivity contribution in [1.29, 1.82) is 0 Å². The van der Waals surface area contributed by atoms with Crippen LogP contribution in [0.5, 0.6) is 0 Å². The summed E-state index contributed by atoms with van der Waals surface area (Å²) in [6.07, 6.45) is 1.97. The summed E-state index contributed by atoms with van der Waals surface area (Å²) in [5.41, 5.74) is 3.75. The van der Waals surface area contributed by atoms with Crippen LogP contribution in [0.2, 0.25) is 0 Å². The number of halogens is 1. The third kappa shape index (κ3) is 2.00. The van der Waals surface area contributed by atoms with E-state index in [1.54, 1.807) is 4.52 Å². The maximum absolute atomic E-state index is 5.13. The van der Waals surface area contributed by atoms with Gasteiger partial charge in [0.2, 0.25) is 0 Å². The van der Waals surface area contributed by atoms with E-state index in [9.17, 15) is 0 Å². The smallest absolute Gasteiger partial charge is 0.186 e. The molecule has 0 bridgehead atoms. The summed E-state index contributed by atoms with van der Waals surface area (Å²) < 4.78 is 8.81. The van der Waals surface area contributed by atoms with Crippen LogP contribution in [0.4, 0.5) is 0 Å². The van der Waals surface area contributed by atoms with E-state index >= 15 is 0 Å². The zero-order valence-corrected chi connectivity index (χ0v) is 13.7. The summed E-state index contributed by atoms with van der Waals surface area (Å²) in [5.74, 6) is 0.726. The zero-order chi connectivity index (χ0) is 15.1. The highest BCUT2D eigenvalue weighted by atomic mass is 127. The van der Waals surface area contributed by atoms with Gasteiger partial charge in [-0.2, -0.15) is 4.52 Å². The van der Waals surface area contributed by atoms with Crippen molar-refractivity contribution in [2.75, 3.05) is 0 Å². The fraction of sp³-hybridized carbons (Fsp3) is 0.0667. The monoisotopic (exact) mass is 403 g/mol. The highest BCUT2D eigenvalue weighted by Crippen LogP contribution is 2.26. The van der Waals surface area contributed by atoms with Crippen molar-refractivity contribution >= 4 is 45.2 Å². The summed E-state index contributed by atoms with van der Waals surface area (Å²) in [6.45, 7) is 1.84. The Morgan fingerprint density at radius 1 is 1.27 bits per heavy atom. The molecule has 0 amide bonds. The van der Waals surface area contributed by atoms with Crippen molar-refractivity contribution in [1.82, 2.24) is 25.0 Å². The third-order valence-corrected chi connectivity index (χ3v) is 3.73. The lowest BCUT2D eigenvalue weighted by atomic mass is 10.2. The summed E-state index contributed by atoms with van der Waals surface area (Å²) in [7, 11) is 0. The second kappa shape index (κ2) is 5.16. The van der Waals surface area contributed by atoms with Gasteiger partial charge >= 0.3 is 0 Å². The van der Waals surface area contributed by atoms with Crippen LogP contribution in [0.15, 0.2) is 38.9 Å². The maximum Gasteiger partial charge on any atom is 0.186 e. The first-order valence-electron chi connectivity index (χ1n) is 6.62. The standard InChI is InChI=1S/C15H10IN5O/c1-9-8-12(19-22-9)14-15-17-11(6-7-16)10-4-2-3-5-13(10)21(15)20-18-14/h2-8H,1H3/b7-6-. The topological polar surface area (TPSA) is 69.1 Å². The van der Waals surface area contributed by atoms with Crippen LogP contribution < -0.4 is 0 Å². The number of benzene rings is 1.